The van der Waals surface area contributed by atoms with Crippen molar-refractivity contribution >= 4 is 58.8 Å². The van der Waals surface area contributed by atoms with E-state index in [0.29, 0.717) is 62.8 Å². The third-order valence-corrected chi connectivity index (χ3v) is 11.4. The first-order chi connectivity index (χ1) is 22.7. The van der Waals surface area contributed by atoms with Crippen LogP contribution in [0.3, 0.4) is 0 Å². The summed E-state index contributed by atoms with van der Waals surface area (Å²) in [5, 5.41) is 16.9. The van der Waals surface area contributed by atoms with Crippen molar-refractivity contribution in [3.8, 4) is 0 Å². The number of hydrogen-bond donors (Lipinski definition) is 2. The number of piperazine rings is 1. The molecule has 2 bridgehead atoms. The summed E-state index contributed by atoms with van der Waals surface area (Å²) in [5.74, 6) is -3.42. The van der Waals surface area contributed by atoms with Gasteiger partial charge >= 0.3 is 11.9 Å². The second-order valence-corrected chi connectivity index (χ2v) is 14.2. The van der Waals surface area contributed by atoms with Gasteiger partial charge in [0.05, 0.1) is 35.6 Å². The summed E-state index contributed by atoms with van der Waals surface area (Å²) >= 11 is 14.8. The summed E-state index contributed by atoms with van der Waals surface area (Å²) in [6.45, 7) is 2.44. The van der Waals surface area contributed by atoms with E-state index < -0.39 is 17.9 Å². The maximum Gasteiger partial charge on any atom is 0.336 e. The molecule has 47 heavy (non-hydrogen) atoms. The Kier molecular flexibility index (Phi) is 10.2. The number of dihydropyridines is 1. The number of carboxylic acid groups (broad SMARTS) is 1. The highest BCUT2D eigenvalue weighted by Crippen LogP contribution is 2.46. The average Bonchev–Trinajstić information content (AvgIpc) is 3.67. The molecular weight excluding hydrogens is 665 g/mol. The maximum atomic E-state index is 13.8. The monoisotopic (exact) mass is 701 g/mol. The van der Waals surface area contributed by atoms with Crippen molar-refractivity contribution in [2.75, 3.05) is 33.3 Å². The second-order valence-electron chi connectivity index (χ2n) is 12.4. The van der Waals surface area contributed by atoms with Gasteiger partial charge in [0.25, 0.3) is 0 Å². The van der Waals surface area contributed by atoms with Crippen molar-refractivity contribution in [1.29, 1.82) is 0 Å². The molecule has 3 fully saturated rings. The molecule has 6 rings (SSSR count). The van der Waals surface area contributed by atoms with Crippen LogP contribution in [0.2, 0.25) is 10.0 Å². The van der Waals surface area contributed by atoms with Gasteiger partial charge in [0.2, 0.25) is 12.3 Å². The molecule has 0 aliphatic carbocycles. The number of amides is 2. The first kappa shape index (κ1) is 33.5. The summed E-state index contributed by atoms with van der Waals surface area (Å²) in [6, 6.07) is 5.79. The topological polar surface area (TPSA) is 132 Å². The standard InChI is InChI=1S/C33H37Cl2N5O6S/c1-46-33(45)30-24(7-8-26-36-9-14-47-26)37-25(29(32(43)44)31(30)28-22(34)3-2-4-23(28)35)17-27(42)39-12-10-38(11-13-39)21-15-19-5-6-20(16-21)40(19)18-41/h2-4,9,14,18-21,31,37H,5-8,10-13,15-17H2,1H3,(H,43,44). The normalized spacial score (nSPS) is 24.7. The smallest absolute Gasteiger partial charge is 0.336 e. The Balaban J connectivity index is 1.26. The molecule has 1 aromatic carbocycles. The number of aromatic nitrogens is 1. The van der Waals surface area contributed by atoms with E-state index in [1.165, 1.54) is 18.4 Å². The lowest BCUT2D eigenvalue weighted by Gasteiger charge is -2.45. The van der Waals surface area contributed by atoms with Gasteiger partial charge in [-0.1, -0.05) is 29.3 Å². The van der Waals surface area contributed by atoms with Crippen LogP contribution in [0.15, 0.2) is 52.3 Å². The molecule has 4 aliphatic heterocycles. The minimum atomic E-state index is -1.30. The SMILES string of the molecule is COC(=O)C1=C(CCc2nccs2)NC(CC(=O)N2CCN(C3CC4CCC(C3)N4C=O)CC2)=C(C(=O)O)C1c1c(Cl)cccc1Cl. The first-order valence-electron chi connectivity index (χ1n) is 15.8. The third-order valence-electron chi connectivity index (χ3n) is 9.92. The number of esters is 1. The van der Waals surface area contributed by atoms with Crippen LogP contribution < -0.4 is 5.32 Å². The van der Waals surface area contributed by atoms with Crippen molar-refractivity contribution in [2.45, 2.75) is 69.0 Å². The molecule has 3 unspecified atom stereocenters. The molecule has 2 aromatic rings. The number of aryl methyl sites for hydroxylation is 1. The predicted octanol–water partition coefficient (Wildman–Crippen LogP) is 4.22. The largest absolute Gasteiger partial charge is 0.478 e. The number of ether oxygens (including phenoxy) is 1. The maximum absolute atomic E-state index is 13.8. The number of aliphatic carboxylic acids is 1. The molecule has 5 heterocycles. The van der Waals surface area contributed by atoms with Gasteiger partial charge in [-0.05, 0) is 44.2 Å². The van der Waals surface area contributed by atoms with Crippen LogP contribution in [-0.4, -0.2) is 100 Å². The Morgan fingerprint density at radius 2 is 1.70 bits per heavy atom. The number of hydrogen-bond acceptors (Lipinski definition) is 9. The van der Waals surface area contributed by atoms with Gasteiger partial charge in [-0.2, -0.15) is 0 Å². The molecule has 0 radical (unpaired) electrons. The van der Waals surface area contributed by atoms with Gasteiger partial charge in [0, 0.05) is 89.3 Å². The Morgan fingerprint density at radius 1 is 1.02 bits per heavy atom. The molecule has 14 heteroatoms. The van der Waals surface area contributed by atoms with Gasteiger partial charge in [-0.3, -0.25) is 14.5 Å². The number of carbonyl (C=O) groups is 4. The number of halogens is 2. The van der Waals surface area contributed by atoms with E-state index in [9.17, 15) is 24.3 Å². The van der Waals surface area contributed by atoms with Crippen LogP contribution in [0.25, 0.3) is 0 Å². The minimum Gasteiger partial charge on any atom is -0.478 e. The van der Waals surface area contributed by atoms with Crippen LogP contribution in [0.4, 0.5) is 0 Å². The lowest BCUT2D eigenvalue weighted by atomic mass is 9.78. The number of allylic oxidation sites excluding steroid dienone is 1. The number of rotatable bonds is 10. The number of fused-ring (bicyclic) bond motifs is 2. The number of carbonyl (C=O) groups excluding carboxylic acids is 3. The lowest BCUT2D eigenvalue weighted by Crippen LogP contribution is -2.56. The number of thiazole rings is 1. The van der Waals surface area contributed by atoms with Gasteiger partial charge in [0.15, 0.2) is 0 Å². The van der Waals surface area contributed by atoms with E-state index in [1.807, 2.05) is 10.3 Å². The molecule has 1 aromatic heterocycles. The first-order valence-corrected chi connectivity index (χ1v) is 17.4. The summed E-state index contributed by atoms with van der Waals surface area (Å²) in [7, 11) is 1.23. The van der Waals surface area contributed by atoms with Crippen LogP contribution >= 0.6 is 34.5 Å². The molecular formula is C33H37Cl2N5O6S. The summed E-state index contributed by atoms with van der Waals surface area (Å²) < 4.78 is 5.17. The summed E-state index contributed by atoms with van der Waals surface area (Å²) in [6.07, 6.45) is 7.26. The van der Waals surface area contributed by atoms with Crippen molar-refractivity contribution < 1.29 is 29.0 Å². The average molecular weight is 703 g/mol. The van der Waals surface area contributed by atoms with Crippen LogP contribution in [0.1, 0.15) is 55.0 Å². The Hall–Kier alpha value is -3.45. The molecule has 0 saturated carbocycles. The van der Waals surface area contributed by atoms with Crippen molar-refractivity contribution in [1.82, 2.24) is 25.0 Å². The number of methoxy groups -OCH3 is 1. The predicted molar refractivity (Wildman–Crippen MR) is 177 cm³/mol. The van der Waals surface area contributed by atoms with Crippen molar-refractivity contribution in [3.63, 3.8) is 0 Å². The van der Waals surface area contributed by atoms with Crippen LogP contribution in [-0.2, 0) is 30.3 Å². The highest BCUT2D eigenvalue weighted by Gasteiger charge is 2.44. The number of carboxylic acids is 1. The number of nitrogens with one attached hydrogen (secondary N) is 1. The fraction of sp³-hybridized carbons (Fsp3) is 0.485. The summed E-state index contributed by atoms with van der Waals surface area (Å²) in [5.41, 5.74) is 0.779. The van der Waals surface area contributed by atoms with E-state index >= 15 is 0 Å². The van der Waals surface area contributed by atoms with Crippen molar-refractivity contribution in [3.05, 3.63) is 72.9 Å². The van der Waals surface area contributed by atoms with Gasteiger partial charge in [-0.15, -0.1) is 11.3 Å². The zero-order chi connectivity index (χ0) is 33.2. The molecule has 0 spiro atoms. The van der Waals surface area contributed by atoms with E-state index in [2.05, 4.69) is 15.2 Å². The van der Waals surface area contributed by atoms with Crippen LogP contribution in [0.5, 0.6) is 0 Å². The molecule has 11 nitrogen and oxygen atoms in total. The third kappa shape index (κ3) is 6.78. The Morgan fingerprint density at radius 3 is 2.28 bits per heavy atom. The van der Waals surface area contributed by atoms with Crippen molar-refractivity contribution in [2.24, 2.45) is 0 Å². The number of benzene rings is 1. The second kappa shape index (κ2) is 14.3. The molecule has 2 N–H and O–H groups in total. The fourth-order valence-corrected chi connectivity index (χ4v) is 8.92. The number of piperidine rings is 1. The minimum absolute atomic E-state index is 0.0795. The Labute approximate surface area is 287 Å². The Bertz CT molecular complexity index is 1570. The molecule has 3 atom stereocenters. The van der Waals surface area contributed by atoms with Gasteiger partial charge in [0.1, 0.15) is 0 Å². The molecule has 3 saturated heterocycles. The van der Waals surface area contributed by atoms with Crippen LogP contribution in [0, 0.1) is 0 Å². The van der Waals surface area contributed by atoms with E-state index in [1.54, 1.807) is 29.3 Å². The highest BCUT2D eigenvalue weighted by atomic mass is 35.5. The zero-order valence-electron chi connectivity index (χ0n) is 26.0. The highest BCUT2D eigenvalue weighted by molar-refractivity contribution is 7.09. The zero-order valence-corrected chi connectivity index (χ0v) is 28.3. The quantitative estimate of drug-likeness (QED) is 0.276. The summed E-state index contributed by atoms with van der Waals surface area (Å²) in [4.78, 5) is 62.3. The fourth-order valence-electron chi connectivity index (χ4n) is 7.69. The van der Waals surface area contributed by atoms with Gasteiger partial charge in [-0.25, -0.2) is 14.6 Å². The molecule has 2 amide bonds. The lowest BCUT2D eigenvalue weighted by molar-refractivity contribution is -0.136. The number of nitrogens with zero attached hydrogens (tertiary/aromatic N) is 4. The molecule has 250 valence electrons. The van der Waals surface area contributed by atoms with Gasteiger partial charge < -0.3 is 25.0 Å². The van der Waals surface area contributed by atoms with E-state index in [4.69, 9.17) is 27.9 Å². The molecule has 4 aliphatic rings. The van der Waals surface area contributed by atoms with E-state index in [0.717, 1.165) is 37.1 Å². The van der Waals surface area contributed by atoms with E-state index in [-0.39, 0.29) is 44.8 Å².